The molecule has 0 amide bonds. The van der Waals surface area contributed by atoms with Crippen molar-refractivity contribution in [3.8, 4) is 0 Å². The molecule has 0 saturated heterocycles. The van der Waals surface area contributed by atoms with Gasteiger partial charge < -0.3 is 28.9 Å². The molecule has 0 radical (unpaired) electrons. The largest absolute Gasteiger partial charge is 1.00 e. The number of unbranched alkanes of at least 4 members (excludes halogenated alkanes) is 30. The van der Waals surface area contributed by atoms with Gasteiger partial charge in [-0.1, -0.05) is 231 Å². The van der Waals surface area contributed by atoms with Crippen LogP contribution in [0, 0.1) is 0 Å². The Morgan fingerprint density at radius 3 is 0.943 bits per heavy atom. The number of halogens is 1. The maximum Gasteiger partial charge on any atom is 0.169 e. The highest BCUT2D eigenvalue weighted by Crippen LogP contribution is 2.21. The number of anilines is 1. The third-order valence-electron chi connectivity index (χ3n) is 11.3. The van der Waals surface area contributed by atoms with Crippen molar-refractivity contribution in [3.63, 3.8) is 0 Å². The van der Waals surface area contributed by atoms with Crippen molar-refractivity contribution in [3.05, 3.63) is 59.9 Å². The molecule has 0 saturated carbocycles. The minimum atomic E-state index is 0. The Kier molecular flexibility index (Phi) is 35.2. The molecule has 2 aromatic rings. The van der Waals surface area contributed by atoms with Crippen LogP contribution in [0.25, 0.3) is 12.2 Å². The Labute approximate surface area is 348 Å². The zero-order valence-electron chi connectivity index (χ0n) is 35.6. The second kappa shape index (κ2) is 37.6. The highest BCUT2D eigenvalue weighted by Gasteiger charge is 2.07. The van der Waals surface area contributed by atoms with E-state index in [4.69, 9.17) is 0 Å². The lowest BCUT2D eigenvalue weighted by Crippen LogP contribution is -3.00. The van der Waals surface area contributed by atoms with Crippen LogP contribution in [0.5, 0.6) is 0 Å². The molecule has 304 valence electrons. The molecule has 2 rings (SSSR count). The van der Waals surface area contributed by atoms with Gasteiger partial charge in [-0.05, 0) is 36.1 Å². The van der Waals surface area contributed by atoms with Crippen molar-refractivity contribution in [1.29, 1.82) is 0 Å². The van der Waals surface area contributed by atoms with Gasteiger partial charge in [0, 0.05) is 30.9 Å². The summed E-state index contributed by atoms with van der Waals surface area (Å²) in [5.41, 5.74) is 3.93. The second-order valence-corrected chi connectivity index (χ2v) is 16.3. The van der Waals surface area contributed by atoms with Crippen LogP contribution in [0.3, 0.4) is 0 Å². The summed E-state index contributed by atoms with van der Waals surface area (Å²) < 4.78 is 2.08. The van der Waals surface area contributed by atoms with Gasteiger partial charge >= 0.3 is 0 Å². The Balaban J connectivity index is 0.0000140. The van der Waals surface area contributed by atoms with E-state index < -0.39 is 0 Å². The molecular weight excluding hydrogens is 755 g/mol. The Morgan fingerprint density at radius 1 is 0.377 bits per heavy atom. The van der Waals surface area contributed by atoms with Crippen LogP contribution in [0.2, 0.25) is 0 Å². The van der Waals surface area contributed by atoms with Crippen molar-refractivity contribution in [2.75, 3.05) is 18.0 Å². The first-order valence-corrected chi connectivity index (χ1v) is 23.2. The average Bonchev–Trinajstić information content (AvgIpc) is 3.16. The van der Waals surface area contributed by atoms with Gasteiger partial charge in [0.1, 0.15) is 7.05 Å². The number of hydrogen-bond acceptors (Lipinski definition) is 1. The summed E-state index contributed by atoms with van der Waals surface area (Å²) in [6, 6.07) is 13.7. The molecule has 0 aliphatic rings. The lowest BCUT2D eigenvalue weighted by molar-refractivity contribution is -0.671. The highest BCUT2D eigenvalue weighted by atomic mass is 127. The normalized spacial score (nSPS) is 11.4. The molecule has 1 aromatic heterocycles. The standard InChI is InChI=1S/C50H87N2.HI/c1-4-6-8-10-12-14-16-18-20-22-24-26-28-30-32-34-44-52(50-40-38-48(39-41-50)36-37-49-42-46-51(3)47-43-49)45-35-33-31-29-27-25-23-21-19-17-15-13-11-9-7-5-2;/h36-43,46-47H,4-35,44-45H2,1-3H3;1H/q+1;/p-1. The second-order valence-electron chi connectivity index (χ2n) is 16.3. The molecule has 0 fully saturated rings. The van der Waals surface area contributed by atoms with Crippen molar-refractivity contribution in [2.45, 2.75) is 219 Å². The van der Waals surface area contributed by atoms with E-state index in [0.29, 0.717) is 0 Å². The Morgan fingerprint density at radius 2 is 0.642 bits per heavy atom. The molecule has 3 heteroatoms. The molecule has 0 atom stereocenters. The summed E-state index contributed by atoms with van der Waals surface area (Å²) in [5.74, 6) is 0. The lowest BCUT2D eigenvalue weighted by Gasteiger charge is -2.25. The van der Waals surface area contributed by atoms with E-state index in [2.05, 4.69) is 91.3 Å². The molecule has 0 spiro atoms. The predicted molar refractivity (Wildman–Crippen MR) is 234 cm³/mol. The van der Waals surface area contributed by atoms with Gasteiger partial charge in [0.25, 0.3) is 0 Å². The summed E-state index contributed by atoms with van der Waals surface area (Å²) in [7, 11) is 2.07. The van der Waals surface area contributed by atoms with Crippen LogP contribution in [-0.2, 0) is 7.05 Å². The van der Waals surface area contributed by atoms with E-state index in [-0.39, 0.29) is 24.0 Å². The molecule has 53 heavy (non-hydrogen) atoms. The number of aromatic nitrogens is 1. The smallest absolute Gasteiger partial charge is 0.169 e. The maximum absolute atomic E-state index is 2.69. The van der Waals surface area contributed by atoms with E-state index in [1.807, 2.05) is 0 Å². The van der Waals surface area contributed by atoms with Gasteiger partial charge in [-0.25, -0.2) is 4.57 Å². The quantitative estimate of drug-likeness (QED) is 0.0373. The molecular formula is C50H87IN2. The number of aryl methyl sites for hydroxylation is 1. The minimum absolute atomic E-state index is 0. The molecule has 1 heterocycles. The molecule has 0 aliphatic carbocycles. The summed E-state index contributed by atoms with van der Waals surface area (Å²) in [6.45, 7) is 7.02. The van der Waals surface area contributed by atoms with Crippen LogP contribution in [0.1, 0.15) is 230 Å². The molecule has 0 bridgehead atoms. The van der Waals surface area contributed by atoms with E-state index >= 15 is 0 Å². The summed E-state index contributed by atoms with van der Waals surface area (Å²) >= 11 is 0. The third kappa shape index (κ3) is 29.6. The number of pyridine rings is 1. The first-order chi connectivity index (χ1) is 25.7. The van der Waals surface area contributed by atoms with Gasteiger partial charge in [-0.2, -0.15) is 0 Å². The van der Waals surface area contributed by atoms with Crippen LogP contribution < -0.4 is 33.4 Å². The number of nitrogens with zero attached hydrogens (tertiary/aromatic N) is 2. The van der Waals surface area contributed by atoms with Crippen LogP contribution in [-0.4, -0.2) is 13.1 Å². The van der Waals surface area contributed by atoms with E-state index in [1.54, 1.807) is 0 Å². The SMILES string of the molecule is CCCCCCCCCCCCCCCCCCN(CCCCCCCCCCCCCCCCCC)c1ccc(C=Cc2cc[n+](C)cc2)cc1.[I-]. The lowest BCUT2D eigenvalue weighted by atomic mass is 10.0. The van der Waals surface area contributed by atoms with Gasteiger partial charge in [-0.15, -0.1) is 0 Å². The minimum Gasteiger partial charge on any atom is -1.00 e. The summed E-state index contributed by atoms with van der Waals surface area (Å²) in [4.78, 5) is 2.69. The fourth-order valence-corrected chi connectivity index (χ4v) is 7.68. The van der Waals surface area contributed by atoms with E-state index in [1.165, 1.54) is 235 Å². The van der Waals surface area contributed by atoms with Crippen molar-refractivity contribution < 1.29 is 28.5 Å². The number of hydrogen-bond donors (Lipinski definition) is 0. The molecule has 1 aromatic carbocycles. The van der Waals surface area contributed by atoms with Gasteiger partial charge in [0.2, 0.25) is 0 Å². The first-order valence-electron chi connectivity index (χ1n) is 23.2. The number of benzene rings is 1. The van der Waals surface area contributed by atoms with Crippen LogP contribution in [0.4, 0.5) is 5.69 Å². The predicted octanol–water partition coefficient (Wildman–Crippen LogP) is 13.0. The Hall–Kier alpha value is -1.36. The Bertz CT molecular complexity index is 1010. The molecule has 0 N–H and O–H groups in total. The average molecular weight is 843 g/mol. The van der Waals surface area contributed by atoms with Gasteiger partial charge in [0.15, 0.2) is 12.4 Å². The van der Waals surface area contributed by atoms with Gasteiger partial charge in [-0.3, -0.25) is 0 Å². The fraction of sp³-hybridized carbons (Fsp3) is 0.740. The molecule has 0 aliphatic heterocycles. The first kappa shape index (κ1) is 49.7. The zero-order valence-corrected chi connectivity index (χ0v) is 37.7. The van der Waals surface area contributed by atoms with Crippen molar-refractivity contribution in [2.24, 2.45) is 7.05 Å². The maximum atomic E-state index is 2.69. The summed E-state index contributed by atoms with van der Waals surface area (Å²) in [5, 5.41) is 0. The van der Waals surface area contributed by atoms with Crippen LogP contribution in [0.15, 0.2) is 48.8 Å². The van der Waals surface area contributed by atoms with Crippen LogP contribution >= 0.6 is 0 Å². The topological polar surface area (TPSA) is 7.12 Å². The van der Waals surface area contributed by atoms with E-state index in [0.717, 1.165) is 0 Å². The van der Waals surface area contributed by atoms with E-state index in [9.17, 15) is 0 Å². The zero-order chi connectivity index (χ0) is 37.0. The summed E-state index contributed by atoms with van der Waals surface area (Å²) in [6.07, 6.45) is 54.5. The molecule has 0 unspecified atom stereocenters. The van der Waals surface area contributed by atoms with Crippen molar-refractivity contribution >= 4 is 17.8 Å². The number of rotatable bonds is 37. The molecule has 2 nitrogen and oxygen atoms in total. The highest BCUT2D eigenvalue weighted by molar-refractivity contribution is 5.70. The third-order valence-corrected chi connectivity index (χ3v) is 11.3. The van der Waals surface area contributed by atoms with Crippen molar-refractivity contribution in [1.82, 2.24) is 0 Å². The monoisotopic (exact) mass is 843 g/mol. The van der Waals surface area contributed by atoms with Gasteiger partial charge in [0.05, 0.1) is 0 Å². The fourth-order valence-electron chi connectivity index (χ4n) is 7.68.